The van der Waals surface area contributed by atoms with Gasteiger partial charge < -0.3 is 15.2 Å². The topological polar surface area (TPSA) is 78.6 Å². The third-order valence-electron chi connectivity index (χ3n) is 5.48. The van der Waals surface area contributed by atoms with Gasteiger partial charge in [-0.3, -0.25) is 4.79 Å². The van der Waals surface area contributed by atoms with Crippen LogP contribution in [0.3, 0.4) is 0 Å². The zero-order valence-electron chi connectivity index (χ0n) is 17.6. The summed E-state index contributed by atoms with van der Waals surface area (Å²) in [5.74, 6) is -0.478. The summed E-state index contributed by atoms with van der Waals surface area (Å²) in [7, 11) is 0. The number of ketones is 1. The van der Waals surface area contributed by atoms with E-state index < -0.39 is 11.9 Å². The molecule has 1 heterocycles. The molecule has 1 aliphatic heterocycles. The van der Waals surface area contributed by atoms with Gasteiger partial charge in [0, 0.05) is 18.4 Å². The van der Waals surface area contributed by atoms with E-state index in [1.807, 2.05) is 34.6 Å². The smallest absolute Gasteiger partial charge is 0.340 e. The molecule has 1 aromatic rings. The van der Waals surface area contributed by atoms with Gasteiger partial charge in [-0.15, -0.1) is 0 Å². The van der Waals surface area contributed by atoms with Crippen molar-refractivity contribution in [3.63, 3.8) is 0 Å². The zero-order valence-corrected chi connectivity index (χ0v) is 17.6. The number of ether oxygens (including phenoxy) is 2. The number of benzene rings is 1. The molecule has 0 bridgehead atoms. The highest BCUT2D eigenvalue weighted by Crippen LogP contribution is 2.49. The van der Waals surface area contributed by atoms with Crippen LogP contribution in [0.2, 0.25) is 0 Å². The normalized spacial score (nSPS) is 21.4. The van der Waals surface area contributed by atoms with E-state index in [0.29, 0.717) is 24.2 Å². The Morgan fingerprint density at radius 3 is 2.39 bits per heavy atom. The van der Waals surface area contributed by atoms with Crippen molar-refractivity contribution < 1.29 is 19.1 Å². The molecule has 0 amide bonds. The largest absolute Gasteiger partial charge is 0.462 e. The van der Waals surface area contributed by atoms with Gasteiger partial charge in [-0.25, -0.2) is 4.79 Å². The summed E-state index contributed by atoms with van der Waals surface area (Å²) < 4.78 is 11.1. The highest BCUT2D eigenvalue weighted by atomic mass is 16.5. The van der Waals surface area contributed by atoms with E-state index in [4.69, 9.17) is 15.2 Å². The first kappa shape index (κ1) is 20.2. The third-order valence-corrected chi connectivity index (χ3v) is 5.48. The minimum absolute atomic E-state index is 0.00456. The van der Waals surface area contributed by atoms with Gasteiger partial charge in [0.15, 0.2) is 5.78 Å². The van der Waals surface area contributed by atoms with Crippen LogP contribution in [0, 0.1) is 26.2 Å². The zero-order chi connectivity index (χ0) is 20.8. The van der Waals surface area contributed by atoms with Crippen LogP contribution >= 0.6 is 0 Å². The van der Waals surface area contributed by atoms with Crippen LogP contribution in [0.5, 0.6) is 0 Å². The maximum atomic E-state index is 13.2. The van der Waals surface area contributed by atoms with Gasteiger partial charge in [-0.1, -0.05) is 31.5 Å². The van der Waals surface area contributed by atoms with E-state index in [2.05, 4.69) is 12.1 Å². The second kappa shape index (κ2) is 7.12. The standard InChI is InChI=1S/C23H29NO4/c1-7-27-22(26)20-19(17-13(3)8-12(2)9-14(17)4)18-15(25)10-23(5,6)11-16(18)28-21(20)24/h8-9,19H,7,10-11,24H2,1-6H3. The molecule has 150 valence electrons. The van der Waals surface area contributed by atoms with Gasteiger partial charge in [0.1, 0.15) is 11.3 Å². The summed E-state index contributed by atoms with van der Waals surface area (Å²) in [4.78, 5) is 26.0. The Labute approximate surface area is 166 Å². The maximum absolute atomic E-state index is 13.2. The fourth-order valence-corrected chi connectivity index (χ4v) is 4.53. The number of rotatable bonds is 3. The molecular formula is C23H29NO4. The van der Waals surface area contributed by atoms with Crippen molar-refractivity contribution in [3.05, 3.63) is 57.2 Å². The first-order valence-electron chi connectivity index (χ1n) is 9.74. The number of nitrogens with two attached hydrogens (primary N) is 1. The van der Waals surface area contributed by atoms with Gasteiger partial charge in [-0.2, -0.15) is 0 Å². The summed E-state index contributed by atoms with van der Waals surface area (Å²) in [6.07, 6.45) is 1.01. The van der Waals surface area contributed by atoms with Crippen molar-refractivity contribution in [2.75, 3.05) is 6.61 Å². The first-order chi connectivity index (χ1) is 13.1. The molecule has 1 unspecified atom stereocenters. The maximum Gasteiger partial charge on any atom is 0.340 e. The molecule has 2 N–H and O–H groups in total. The predicted molar refractivity (Wildman–Crippen MR) is 107 cm³/mol. The monoisotopic (exact) mass is 383 g/mol. The van der Waals surface area contributed by atoms with E-state index in [1.54, 1.807) is 6.92 Å². The summed E-state index contributed by atoms with van der Waals surface area (Å²) in [6.45, 7) is 12.1. The summed E-state index contributed by atoms with van der Waals surface area (Å²) >= 11 is 0. The molecular weight excluding hydrogens is 354 g/mol. The number of carbonyl (C=O) groups excluding carboxylic acids is 2. The van der Waals surface area contributed by atoms with Crippen molar-refractivity contribution in [2.24, 2.45) is 11.1 Å². The second-order valence-corrected chi connectivity index (χ2v) is 8.62. The lowest BCUT2D eigenvalue weighted by atomic mass is 9.69. The number of hydrogen-bond donors (Lipinski definition) is 1. The van der Waals surface area contributed by atoms with Crippen LogP contribution in [0.25, 0.3) is 0 Å². The van der Waals surface area contributed by atoms with E-state index in [9.17, 15) is 9.59 Å². The number of allylic oxidation sites excluding steroid dienone is 2. The Balaban J connectivity index is 2.28. The van der Waals surface area contributed by atoms with Crippen LogP contribution in [-0.2, 0) is 19.1 Å². The van der Waals surface area contributed by atoms with Gasteiger partial charge in [0.25, 0.3) is 0 Å². The number of Topliss-reactive ketones (excluding diaryl/α,β-unsaturated/α-hetero) is 1. The van der Waals surface area contributed by atoms with Crippen LogP contribution < -0.4 is 5.73 Å². The van der Waals surface area contributed by atoms with Gasteiger partial charge in [0.2, 0.25) is 5.88 Å². The fraction of sp³-hybridized carbons (Fsp3) is 0.478. The van der Waals surface area contributed by atoms with Crippen LogP contribution in [0.15, 0.2) is 34.9 Å². The number of esters is 1. The SMILES string of the molecule is CCOC(=O)C1=C(N)OC2=C(C(=O)CC(C)(C)C2)C1c1c(C)cc(C)cc1C. The number of hydrogen-bond acceptors (Lipinski definition) is 5. The van der Waals surface area contributed by atoms with Crippen molar-refractivity contribution in [2.45, 2.75) is 60.3 Å². The Morgan fingerprint density at radius 1 is 1.21 bits per heavy atom. The van der Waals surface area contributed by atoms with Crippen molar-refractivity contribution in [3.8, 4) is 0 Å². The van der Waals surface area contributed by atoms with E-state index in [-0.39, 0.29) is 29.3 Å². The quantitative estimate of drug-likeness (QED) is 0.795. The number of aryl methyl sites for hydroxylation is 3. The average molecular weight is 383 g/mol. The lowest BCUT2D eigenvalue weighted by molar-refractivity contribution is -0.139. The lowest BCUT2D eigenvalue weighted by Crippen LogP contribution is -2.36. The van der Waals surface area contributed by atoms with Crippen LogP contribution in [0.4, 0.5) is 0 Å². The molecule has 3 rings (SSSR count). The first-order valence-corrected chi connectivity index (χ1v) is 9.74. The summed E-state index contributed by atoms with van der Waals surface area (Å²) in [5, 5.41) is 0. The van der Waals surface area contributed by atoms with Crippen molar-refractivity contribution in [1.29, 1.82) is 0 Å². The molecule has 2 aliphatic rings. The second-order valence-electron chi connectivity index (χ2n) is 8.62. The Hall–Kier alpha value is -2.56. The molecule has 1 atom stereocenters. The predicted octanol–water partition coefficient (Wildman–Crippen LogP) is 4.10. The Kier molecular flexibility index (Phi) is 5.13. The molecule has 1 aliphatic carbocycles. The molecule has 0 saturated carbocycles. The molecule has 1 aromatic carbocycles. The summed E-state index contributed by atoms with van der Waals surface area (Å²) in [5.41, 5.74) is 10.9. The third kappa shape index (κ3) is 3.46. The molecule has 5 nitrogen and oxygen atoms in total. The van der Waals surface area contributed by atoms with Crippen molar-refractivity contribution >= 4 is 11.8 Å². The fourth-order valence-electron chi connectivity index (χ4n) is 4.53. The molecule has 5 heteroatoms. The minimum Gasteiger partial charge on any atom is -0.462 e. The Bertz CT molecular complexity index is 898. The highest BCUT2D eigenvalue weighted by Gasteiger charge is 2.45. The average Bonchev–Trinajstić information content (AvgIpc) is 2.51. The molecule has 0 fully saturated rings. The highest BCUT2D eigenvalue weighted by molar-refractivity contribution is 6.03. The molecule has 28 heavy (non-hydrogen) atoms. The molecule has 0 radical (unpaired) electrons. The van der Waals surface area contributed by atoms with Crippen molar-refractivity contribution in [1.82, 2.24) is 0 Å². The van der Waals surface area contributed by atoms with Gasteiger partial charge >= 0.3 is 5.97 Å². The minimum atomic E-state index is -0.563. The Morgan fingerprint density at radius 2 is 1.82 bits per heavy atom. The van der Waals surface area contributed by atoms with Crippen LogP contribution in [0.1, 0.15) is 61.8 Å². The van der Waals surface area contributed by atoms with Gasteiger partial charge in [0.05, 0.1) is 12.5 Å². The molecule has 0 saturated heterocycles. The van der Waals surface area contributed by atoms with Gasteiger partial charge in [-0.05, 0) is 49.8 Å². The molecule has 0 spiro atoms. The van der Waals surface area contributed by atoms with E-state index in [1.165, 1.54) is 0 Å². The van der Waals surface area contributed by atoms with Crippen LogP contribution in [-0.4, -0.2) is 18.4 Å². The van der Waals surface area contributed by atoms with E-state index in [0.717, 1.165) is 22.3 Å². The lowest BCUT2D eigenvalue weighted by Gasteiger charge is -2.38. The molecule has 0 aromatic heterocycles. The summed E-state index contributed by atoms with van der Waals surface area (Å²) in [6, 6.07) is 4.13. The number of carbonyl (C=O) groups is 2. The van der Waals surface area contributed by atoms with E-state index >= 15 is 0 Å².